The van der Waals surface area contributed by atoms with Crippen LogP contribution in [0.2, 0.25) is 0 Å². The fourth-order valence-electron chi connectivity index (χ4n) is 2.74. The van der Waals surface area contributed by atoms with E-state index in [0.717, 1.165) is 26.9 Å². The SMILES string of the molecule is COc1ccc(C2(c3cccc(Br)c3)N=C(N)C(=S)N2)cc1C. The molecule has 2 aromatic carbocycles. The summed E-state index contributed by atoms with van der Waals surface area (Å²) in [6.07, 6.45) is 0. The smallest absolute Gasteiger partial charge is 0.185 e. The first-order chi connectivity index (χ1) is 11.0. The quantitative estimate of drug-likeness (QED) is 0.790. The molecule has 0 fully saturated rings. The van der Waals surface area contributed by atoms with Crippen molar-refractivity contribution in [3.63, 3.8) is 0 Å². The molecule has 1 aliphatic heterocycles. The van der Waals surface area contributed by atoms with Gasteiger partial charge >= 0.3 is 0 Å². The summed E-state index contributed by atoms with van der Waals surface area (Å²) in [6.45, 7) is 2.00. The lowest BCUT2D eigenvalue weighted by molar-refractivity contribution is 0.410. The third kappa shape index (κ3) is 2.72. The molecule has 0 radical (unpaired) electrons. The van der Waals surface area contributed by atoms with Crippen molar-refractivity contribution in [3.05, 3.63) is 63.6 Å². The van der Waals surface area contributed by atoms with Gasteiger partial charge in [-0.2, -0.15) is 0 Å². The van der Waals surface area contributed by atoms with Gasteiger partial charge in [-0.15, -0.1) is 0 Å². The van der Waals surface area contributed by atoms with Crippen LogP contribution in [0.25, 0.3) is 0 Å². The molecule has 2 aromatic rings. The molecule has 3 N–H and O–H groups in total. The Labute approximate surface area is 148 Å². The maximum atomic E-state index is 5.97. The van der Waals surface area contributed by atoms with Crippen LogP contribution in [-0.4, -0.2) is 17.9 Å². The Bertz CT molecular complexity index is 821. The van der Waals surface area contributed by atoms with E-state index in [1.807, 2.05) is 49.4 Å². The van der Waals surface area contributed by atoms with E-state index in [1.165, 1.54) is 0 Å². The van der Waals surface area contributed by atoms with Crippen LogP contribution in [0.1, 0.15) is 16.7 Å². The van der Waals surface area contributed by atoms with Crippen LogP contribution < -0.4 is 15.8 Å². The lowest BCUT2D eigenvalue weighted by Crippen LogP contribution is -2.41. The van der Waals surface area contributed by atoms with E-state index in [2.05, 4.69) is 26.2 Å². The van der Waals surface area contributed by atoms with Gasteiger partial charge < -0.3 is 15.8 Å². The minimum atomic E-state index is -0.817. The number of benzene rings is 2. The van der Waals surface area contributed by atoms with Crippen molar-refractivity contribution in [2.75, 3.05) is 7.11 Å². The topological polar surface area (TPSA) is 59.6 Å². The van der Waals surface area contributed by atoms with Crippen LogP contribution in [0.4, 0.5) is 0 Å². The molecule has 1 atom stereocenters. The van der Waals surface area contributed by atoms with E-state index in [9.17, 15) is 0 Å². The summed E-state index contributed by atoms with van der Waals surface area (Å²) in [5, 5.41) is 3.28. The van der Waals surface area contributed by atoms with Crippen molar-refractivity contribution < 1.29 is 4.74 Å². The Morgan fingerprint density at radius 3 is 2.52 bits per heavy atom. The predicted octanol–water partition coefficient (Wildman–Crippen LogP) is 3.26. The molecule has 118 valence electrons. The van der Waals surface area contributed by atoms with Gasteiger partial charge in [0.2, 0.25) is 0 Å². The molecule has 1 aliphatic rings. The fourth-order valence-corrected chi connectivity index (χ4v) is 3.34. The number of hydrogen-bond acceptors (Lipinski definition) is 4. The minimum Gasteiger partial charge on any atom is -0.496 e. The van der Waals surface area contributed by atoms with E-state index in [1.54, 1.807) is 7.11 Å². The first-order valence-electron chi connectivity index (χ1n) is 7.05. The van der Waals surface area contributed by atoms with Crippen molar-refractivity contribution >= 4 is 39.0 Å². The number of ether oxygens (including phenoxy) is 1. The first kappa shape index (κ1) is 16.0. The molecular formula is C17H16BrN3OS. The number of nitrogens with two attached hydrogens (primary N) is 1. The summed E-state index contributed by atoms with van der Waals surface area (Å²) in [6, 6.07) is 13.9. The second-order valence-corrected chi connectivity index (χ2v) is 6.68. The number of aryl methyl sites for hydroxylation is 1. The molecule has 3 rings (SSSR count). The largest absolute Gasteiger partial charge is 0.496 e. The van der Waals surface area contributed by atoms with Crippen LogP contribution in [0.3, 0.4) is 0 Å². The lowest BCUT2D eigenvalue weighted by atomic mass is 9.91. The van der Waals surface area contributed by atoms with Crippen LogP contribution in [-0.2, 0) is 5.66 Å². The number of hydrogen-bond donors (Lipinski definition) is 2. The standard InChI is InChI=1S/C17H16BrN3OS/c1-10-8-12(6-7-14(10)22-2)17(20-15(19)16(23)21-17)11-4-3-5-13(18)9-11/h3-9H,1-2H3,(H2,19,20)(H,21,23). The molecule has 23 heavy (non-hydrogen) atoms. The summed E-state index contributed by atoms with van der Waals surface area (Å²) in [4.78, 5) is 5.12. The fraction of sp³-hybridized carbons (Fsp3) is 0.176. The molecule has 0 aliphatic carbocycles. The number of rotatable bonds is 3. The monoisotopic (exact) mass is 389 g/mol. The highest BCUT2D eigenvalue weighted by atomic mass is 79.9. The van der Waals surface area contributed by atoms with Gasteiger partial charge in [0.15, 0.2) is 11.5 Å². The highest BCUT2D eigenvalue weighted by Crippen LogP contribution is 2.37. The van der Waals surface area contributed by atoms with Gasteiger partial charge in [-0.05, 0) is 36.8 Å². The van der Waals surface area contributed by atoms with E-state index < -0.39 is 5.66 Å². The summed E-state index contributed by atoms with van der Waals surface area (Å²) in [5.41, 5.74) is 8.09. The molecule has 0 aromatic heterocycles. The van der Waals surface area contributed by atoms with Crippen LogP contribution in [0.5, 0.6) is 5.75 Å². The summed E-state index contributed by atoms with van der Waals surface area (Å²) in [7, 11) is 1.66. The molecule has 1 heterocycles. The zero-order chi connectivity index (χ0) is 16.6. The highest BCUT2D eigenvalue weighted by Gasteiger charge is 2.40. The maximum absolute atomic E-state index is 5.97. The molecule has 6 heteroatoms. The molecule has 0 spiro atoms. The second kappa shape index (κ2) is 5.94. The van der Waals surface area contributed by atoms with Gasteiger partial charge in [-0.25, -0.2) is 4.99 Å². The van der Waals surface area contributed by atoms with Crippen LogP contribution >= 0.6 is 28.1 Å². The normalized spacial score (nSPS) is 20.1. The van der Waals surface area contributed by atoms with Gasteiger partial charge in [0.05, 0.1) is 7.11 Å². The van der Waals surface area contributed by atoms with E-state index in [4.69, 9.17) is 22.7 Å². The molecule has 1 unspecified atom stereocenters. The number of thiocarbonyl (C=S) groups is 1. The number of nitrogens with zero attached hydrogens (tertiary/aromatic N) is 1. The average molecular weight is 390 g/mol. The third-order valence-electron chi connectivity index (χ3n) is 3.87. The van der Waals surface area contributed by atoms with E-state index >= 15 is 0 Å². The average Bonchev–Trinajstić information content (AvgIpc) is 2.84. The third-order valence-corrected chi connectivity index (χ3v) is 4.67. The van der Waals surface area contributed by atoms with Gasteiger partial charge in [0, 0.05) is 15.6 Å². The molecule has 0 saturated carbocycles. The zero-order valence-electron chi connectivity index (χ0n) is 12.8. The van der Waals surface area contributed by atoms with Gasteiger partial charge in [-0.3, -0.25) is 0 Å². The molecular weight excluding hydrogens is 374 g/mol. The van der Waals surface area contributed by atoms with E-state index in [-0.39, 0.29) is 0 Å². The van der Waals surface area contributed by atoms with Crippen LogP contribution in [0.15, 0.2) is 51.9 Å². The van der Waals surface area contributed by atoms with Crippen LogP contribution in [0, 0.1) is 6.92 Å². The summed E-state index contributed by atoms with van der Waals surface area (Å²) in [5.74, 6) is 1.17. The van der Waals surface area contributed by atoms with Gasteiger partial charge in [-0.1, -0.05) is 46.3 Å². The number of aliphatic imine (C=N–C) groups is 1. The molecule has 4 nitrogen and oxygen atoms in total. The number of halogens is 1. The molecule has 0 amide bonds. The Morgan fingerprint density at radius 2 is 1.96 bits per heavy atom. The van der Waals surface area contributed by atoms with Gasteiger partial charge in [0.1, 0.15) is 10.7 Å². The second-order valence-electron chi connectivity index (χ2n) is 5.36. The van der Waals surface area contributed by atoms with Crippen molar-refractivity contribution in [2.24, 2.45) is 10.7 Å². The highest BCUT2D eigenvalue weighted by molar-refractivity contribution is 9.10. The minimum absolute atomic E-state index is 0.341. The summed E-state index contributed by atoms with van der Waals surface area (Å²) >= 11 is 8.81. The van der Waals surface area contributed by atoms with Crippen molar-refractivity contribution in [1.29, 1.82) is 0 Å². The number of nitrogens with one attached hydrogen (secondary N) is 1. The lowest BCUT2D eigenvalue weighted by Gasteiger charge is -2.29. The number of methoxy groups -OCH3 is 1. The number of amidine groups is 1. The molecule has 0 bridgehead atoms. The maximum Gasteiger partial charge on any atom is 0.185 e. The Hall–Kier alpha value is -1.92. The molecule has 0 saturated heterocycles. The summed E-state index contributed by atoms with van der Waals surface area (Å²) < 4.78 is 6.31. The Morgan fingerprint density at radius 1 is 1.22 bits per heavy atom. The Balaban J connectivity index is 2.22. The van der Waals surface area contributed by atoms with Gasteiger partial charge in [0.25, 0.3) is 0 Å². The van der Waals surface area contributed by atoms with Crippen molar-refractivity contribution in [3.8, 4) is 5.75 Å². The van der Waals surface area contributed by atoms with E-state index in [0.29, 0.717) is 10.8 Å². The Kier molecular flexibility index (Phi) is 4.12. The van der Waals surface area contributed by atoms with Crippen molar-refractivity contribution in [1.82, 2.24) is 5.32 Å². The first-order valence-corrected chi connectivity index (χ1v) is 8.25. The predicted molar refractivity (Wildman–Crippen MR) is 100 cm³/mol. The zero-order valence-corrected chi connectivity index (χ0v) is 15.2. The van der Waals surface area contributed by atoms with Crippen molar-refractivity contribution in [2.45, 2.75) is 12.6 Å².